The molecule has 0 heterocycles. The van der Waals surface area contributed by atoms with Gasteiger partial charge in [0, 0.05) is 42.6 Å². The maximum Gasteiger partial charge on any atom is 0.322 e. The van der Waals surface area contributed by atoms with Gasteiger partial charge in [-0.2, -0.15) is 0 Å². The van der Waals surface area contributed by atoms with Crippen LogP contribution in [0, 0.1) is 6.92 Å². The number of nitrogens with one attached hydrogen (secondary N) is 2. The van der Waals surface area contributed by atoms with Gasteiger partial charge in [-0.15, -0.1) is 0 Å². The minimum atomic E-state index is -0.582. The summed E-state index contributed by atoms with van der Waals surface area (Å²) in [6.07, 6.45) is 0. The lowest BCUT2D eigenvalue weighted by atomic mass is 10.1. The van der Waals surface area contributed by atoms with Crippen LogP contribution in [0.1, 0.15) is 28.4 Å². The zero-order valence-electron chi connectivity index (χ0n) is 20.3. The van der Waals surface area contributed by atoms with Crippen molar-refractivity contribution in [2.24, 2.45) is 0 Å². The number of ether oxygens (including phenoxy) is 1. The topological polar surface area (TPSA) is 94.1 Å². The van der Waals surface area contributed by atoms with Crippen molar-refractivity contribution in [2.75, 3.05) is 36.5 Å². The zero-order valence-corrected chi connectivity index (χ0v) is 20.3. The molecule has 0 aromatic heterocycles. The number of amides is 3. The summed E-state index contributed by atoms with van der Waals surface area (Å²) in [5.74, 6) is 0.208. The molecule has 3 aromatic rings. The Morgan fingerprint density at radius 1 is 0.971 bits per heavy atom. The van der Waals surface area contributed by atoms with E-state index in [0.29, 0.717) is 25.2 Å². The molecule has 0 aliphatic rings. The van der Waals surface area contributed by atoms with E-state index in [2.05, 4.69) is 17.1 Å². The average molecular weight is 477 g/mol. The normalized spacial score (nSPS) is 10.4. The third-order valence-electron chi connectivity index (χ3n) is 5.67. The highest BCUT2D eigenvalue weighted by atomic mass is 16.5. The van der Waals surface area contributed by atoms with Crippen molar-refractivity contribution in [3.05, 3.63) is 89.5 Å². The molecule has 8 heteroatoms. The van der Waals surface area contributed by atoms with E-state index in [-0.39, 0.29) is 6.03 Å². The Balaban J connectivity index is 1.71. The second-order valence-corrected chi connectivity index (χ2v) is 8.08. The number of hydrogen-bond acceptors (Lipinski definition) is 5. The summed E-state index contributed by atoms with van der Waals surface area (Å²) in [4.78, 5) is 28.7. The van der Waals surface area contributed by atoms with Crippen molar-refractivity contribution in [3.8, 4) is 5.75 Å². The Morgan fingerprint density at radius 3 is 2.34 bits per heavy atom. The number of aryl methyl sites for hydroxylation is 1. The first-order valence-electron chi connectivity index (χ1n) is 11.5. The molecule has 3 amide bonds. The largest absolute Gasteiger partial charge is 0.497 e. The van der Waals surface area contributed by atoms with E-state index in [4.69, 9.17) is 9.94 Å². The number of carbonyl (C=O) groups excluding carboxylic acids is 2. The van der Waals surface area contributed by atoms with E-state index in [1.54, 1.807) is 41.8 Å². The van der Waals surface area contributed by atoms with E-state index in [1.807, 2.05) is 55.5 Å². The minimum absolute atomic E-state index is 0.213. The summed E-state index contributed by atoms with van der Waals surface area (Å²) in [7, 11) is 1.64. The van der Waals surface area contributed by atoms with Gasteiger partial charge in [-0.3, -0.25) is 14.9 Å². The Bertz CT molecular complexity index is 1130. The van der Waals surface area contributed by atoms with Gasteiger partial charge >= 0.3 is 6.03 Å². The Morgan fingerprint density at radius 2 is 1.69 bits per heavy atom. The summed E-state index contributed by atoms with van der Waals surface area (Å²) in [5.41, 5.74) is 5.66. The van der Waals surface area contributed by atoms with Crippen molar-refractivity contribution in [1.82, 2.24) is 10.8 Å². The van der Waals surface area contributed by atoms with Crippen LogP contribution < -0.4 is 25.3 Å². The van der Waals surface area contributed by atoms with Crippen molar-refractivity contribution in [1.29, 1.82) is 0 Å². The zero-order chi connectivity index (χ0) is 25.2. The SMILES string of the molecule is CCN(CCNC(=O)N(Cc1ccc(C(=O)NO)cc1)c1cccc(C)c1)c1cccc(OC)c1. The maximum absolute atomic E-state index is 13.3. The maximum atomic E-state index is 13.3. The number of nitrogens with zero attached hydrogens (tertiary/aromatic N) is 2. The van der Waals surface area contributed by atoms with Gasteiger partial charge < -0.3 is 15.0 Å². The molecule has 0 aliphatic heterocycles. The average Bonchev–Trinajstić information content (AvgIpc) is 2.89. The van der Waals surface area contributed by atoms with E-state index < -0.39 is 5.91 Å². The standard InChI is InChI=1S/C27H32N4O4/c1-4-30(23-8-6-10-25(18-23)35-3)16-15-28-27(33)31(24-9-5-7-20(2)17-24)19-21-11-13-22(14-12-21)26(32)29-34/h5-14,17-18,34H,4,15-16,19H2,1-3H3,(H,28,33)(H,29,32). The Labute approximate surface area is 206 Å². The molecule has 0 aliphatic carbocycles. The highest BCUT2D eigenvalue weighted by molar-refractivity contribution is 5.94. The number of rotatable bonds is 10. The quantitative estimate of drug-likeness (QED) is 0.299. The molecule has 35 heavy (non-hydrogen) atoms. The molecule has 3 N–H and O–H groups in total. The molecule has 184 valence electrons. The minimum Gasteiger partial charge on any atom is -0.497 e. The number of carbonyl (C=O) groups is 2. The van der Waals surface area contributed by atoms with E-state index in [0.717, 1.165) is 34.8 Å². The molecule has 0 bridgehead atoms. The lowest BCUT2D eigenvalue weighted by molar-refractivity contribution is 0.0706. The van der Waals surface area contributed by atoms with Crippen LogP contribution in [0.2, 0.25) is 0 Å². The van der Waals surface area contributed by atoms with Gasteiger partial charge in [0.15, 0.2) is 0 Å². The summed E-state index contributed by atoms with van der Waals surface area (Å²) >= 11 is 0. The predicted octanol–water partition coefficient (Wildman–Crippen LogP) is 4.37. The summed E-state index contributed by atoms with van der Waals surface area (Å²) in [6.45, 7) is 6.27. The van der Waals surface area contributed by atoms with Crippen molar-refractivity contribution in [2.45, 2.75) is 20.4 Å². The van der Waals surface area contributed by atoms with Crippen LogP contribution >= 0.6 is 0 Å². The van der Waals surface area contributed by atoms with Crippen molar-refractivity contribution >= 4 is 23.3 Å². The molecule has 0 saturated heterocycles. The van der Waals surface area contributed by atoms with E-state index in [9.17, 15) is 9.59 Å². The van der Waals surface area contributed by atoms with Crippen LogP contribution in [0.15, 0.2) is 72.8 Å². The molecular formula is C27H32N4O4. The number of methoxy groups -OCH3 is 1. The molecular weight excluding hydrogens is 444 g/mol. The number of urea groups is 1. The van der Waals surface area contributed by atoms with Crippen LogP contribution in [0.5, 0.6) is 5.75 Å². The molecule has 0 spiro atoms. The van der Waals surface area contributed by atoms with Crippen LogP contribution in [0.25, 0.3) is 0 Å². The smallest absolute Gasteiger partial charge is 0.322 e. The lowest BCUT2D eigenvalue weighted by Gasteiger charge is -2.26. The third-order valence-corrected chi connectivity index (χ3v) is 5.67. The van der Waals surface area contributed by atoms with E-state index >= 15 is 0 Å². The molecule has 3 aromatic carbocycles. The molecule has 0 atom stereocenters. The van der Waals surface area contributed by atoms with Gasteiger partial charge in [0.2, 0.25) is 0 Å². The van der Waals surface area contributed by atoms with Crippen LogP contribution in [-0.4, -0.2) is 43.9 Å². The molecule has 0 radical (unpaired) electrons. The van der Waals surface area contributed by atoms with Crippen molar-refractivity contribution in [3.63, 3.8) is 0 Å². The second-order valence-electron chi connectivity index (χ2n) is 8.08. The fraction of sp³-hybridized carbons (Fsp3) is 0.259. The molecule has 0 fully saturated rings. The van der Waals surface area contributed by atoms with Crippen LogP contribution in [0.4, 0.5) is 16.2 Å². The molecule has 0 unspecified atom stereocenters. The van der Waals surface area contributed by atoms with Gasteiger partial charge in [0.1, 0.15) is 5.75 Å². The first-order valence-corrected chi connectivity index (χ1v) is 11.5. The van der Waals surface area contributed by atoms with Crippen LogP contribution in [0.3, 0.4) is 0 Å². The Hall–Kier alpha value is -4.04. The monoisotopic (exact) mass is 476 g/mol. The lowest BCUT2D eigenvalue weighted by Crippen LogP contribution is -2.43. The first kappa shape index (κ1) is 25.6. The first-order chi connectivity index (χ1) is 16.9. The fourth-order valence-electron chi connectivity index (χ4n) is 3.76. The van der Waals surface area contributed by atoms with Gasteiger partial charge in [0.25, 0.3) is 5.91 Å². The molecule has 0 saturated carbocycles. The van der Waals surface area contributed by atoms with Gasteiger partial charge in [-0.25, -0.2) is 10.3 Å². The summed E-state index contributed by atoms with van der Waals surface area (Å²) in [6, 6.07) is 22.2. The third kappa shape index (κ3) is 6.97. The van der Waals surface area contributed by atoms with E-state index in [1.165, 1.54) is 0 Å². The Kier molecular flexibility index (Phi) is 9.09. The molecule has 3 rings (SSSR count). The summed E-state index contributed by atoms with van der Waals surface area (Å²) < 4.78 is 5.33. The highest BCUT2D eigenvalue weighted by Crippen LogP contribution is 2.21. The fourth-order valence-corrected chi connectivity index (χ4v) is 3.76. The molecule has 8 nitrogen and oxygen atoms in total. The second kappa shape index (κ2) is 12.4. The summed E-state index contributed by atoms with van der Waals surface area (Å²) in [5, 5.41) is 11.9. The van der Waals surface area contributed by atoms with Crippen molar-refractivity contribution < 1.29 is 19.5 Å². The van der Waals surface area contributed by atoms with Crippen LogP contribution in [-0.2, 0) is 6.54 Å². The van der Waals surface area contributed by atoms with Gasteiger partial charge in [0.05, 0.1) is 13.7 Å². The number of hydroxylamine groups is 1. The number of likely N-dealkylation sites (N-methyl/N-ethyl adjacent to an activating group) is 1. The number of hydrogen-bond donors (Lipinski definition) is 3. The van der Waals surface area contributed by atoms with Gasteiger partial charge in [-0.05, 0) is 61.4 Å². The predicted molar refractivity (Wildman–Crippen MR) is 137 cm³/mol. The number of benzene rings is 3. The highest BCUT2D eigenvalue weighted by Gasteiger charge is 2.17. The number of anilines is 2. The van der Waals surface area contributed by atoms with Gasteiger partial charge in [-0.1, -0.05) is 30.3 Å².